The molecular formula is C15H22N2. The van der Waals surface area contributed by atoms with Crippen molar-refractivity contribution in [1.29, 1.82) is 0 Å². The quantitative estimate of drug-likeness (QED) is 0.802. The molecule has 0 spiro atoms. The highest BCUT2D eigenvalue weighted by molar-refractivity contribution is 5.69. The van der Waals surface area contributed by atoms with Crippen LogP contribution in [0, 0.1) is 6.92 Å². The van der Waals surface area contributed by atoms with Crippen LogP contribution in [0.4, 0.5) is 0 Å². The van der Waals surface area contributed by atoms with Crippen LogP contribution in [0.25, 0.3) is 5.57 Å². The van der Waals surface area contributed by atoms with Crippen molar-refractivity contribution in [2.24, 2.45) is 0 Å². The van der Waals surface area contributed by atoms with E-state index >= 15 is 0 Å². The van der Waals surface area contributed by atoms with Crippen molar-refractivity contribution >= 4 is 5.57 Å². The van der Waals surface area contributed by atoms with Gasteiger partial charge < -0.3 is 5.32 Å². The molecule has 0 amide bonds. The molecule has 1 aromatic heterocycles. The number of aryl methyl sites for hydroxylation is 1. The SMILES string of the molecule is Cc1cnc(C(C)(C)C)c(C2=CCNCC2)c1. The number of rotatable bonds is 1. The van der Waals surface area contributed by atoms with Crippen LogP contribution in [0.3, 0.4) is 0 Å². The molecule has 0 atom stereocenters. The van der Waals surface area contributed by atoms with Gasteiger partial charge in [-0.05, 0) is 42.7 Å². The van der Waals surface area contributed by atoms with Gasteiger partial charge in [-0.1, -0.05) is 26.8 Å². The minimum atomic E-state index is 0.106. The van der Waals surface area contributed by atoms with Gasteiger partial charge in [-0.15, -0.1) is 0 Å². The number of nitrogens with one attached hydrogen (secondary N) is 1. The third-order valence-electron chi connectivity index (χ3n) is 3.14. The largest absolute Gasteiger partial charge is 0.313 e. The summed E-state index contributed by atoms with van der Waals surface area (Å²) in [4.78, 5) is 4.66. The van der Waals surface area contributed by atoms with Gasteiger partial charge in [-0.25, -0.2) is 0 Å². The minimum Gasteiger partial charge on any atom is -0.313 e. The summed E-state index contributed by atoms with van der Waals surface area (Å²) in [5, 5.41) is 3.36. The van der Waals surface area contributed by atoms with Gasteiger partial charge in [0.2, 0.25) is 0 Å². The number of hydrogen-bond acceptors (Lipinski definition) is 2. The molecule has 0 fully saturated rings. The van der Waals surface area contributed by atoms with Crippen molar-refractivity contribution < 1.29 is 0 Å². The highest BCUT2D eigenvalue weighted by Gasteiger charge is 2.21. The topological polar surface area (TPSA) is 24.9 Å². The van der Waals surface area contributed by atoms with E-state index in [9.17, 15) is 0 Å². The van der Waals surface area contributed by atoms with E-state index in [-0.39, 0.29) is 5.41 Å². The molecule has 1 aliphatic heterocycles. The van der Waals surface area contributed by atoms with Crippen LogP contribution < -0.4 is 5.32 Å². The smallest absolute Gasteiger partial charge is 0.0532 e. The first kappa shape index (κ1) is 12.3. The van der Waals surface area contributed by atoms with Gasteiger partial charge in [0, 0.05) is 18.2 Å². The first-order valence-electron chi connectivity index (χ1n) is 6.36. The molecule has 1 aliphatic rings. The molecule has 92 valence electrons. The van der Waals surface area contributed by atoms with Gasteiger partial charge in [-0.2, -0.15) is 0 Å². The summed E-state index contributed by atoms with van der Waals surface area (Å²) < 4.78 is 0. The number of pyridine rings is 1. The van der Waals surface area contributed by atoms with Gasteiger partial charge in [-0.3, -0.25) is 4.98 Å². The first-order valence-corrected chi connectivity index (χ1v) is 6.36. The van der Waals surface area contributed by atoms with Crippen LogP contribution >= 0.6 is 0 Å². The first-order chi connectivity index (χ1) is 7.98. The third kappa shape index (κ3) is 2.75. The lowest BCUT2D eigenvalue weighted by Gasteiger charge is -2.24. The summed E-state index contributed by atoms with van der Waals surface area (Å²) in [6, 6.07) is 2.28. The Kier molecular flexibility index (Phi) is 3.34. The van der Waals surface area contributed by atoms with Crippen molar-refractivity contribution in [2.75, 3.05) is 13.1 Å². The fraction of sp³-hybridized carbons (Fsp3) is 0.533. The van der Waals surface area contributed by atoms with Crippen LogP contribution in [0.5, 0.6) is 0 Å². The van der Waals surface area contributed by atoms with Crippen LogP contribution in [-0.2, 0) is 5.41 Å². The Morgan fingerprint density at radius 1 is 1.29 bits per heavy atom. The van der Waals surface area contributed by atoms with Gasteiger partial charge in [0.05, 0.1) is 5.69 Å². The Bertz CT molecular complexity index is 439. The molecule has 1 N–H and O–H groups in total. The van der Waals surface area contributed by atoms with Crippen molar-refractivity contribution in [2.45, 2.75) is 39.5 Å². The lowest BCUT2D eigenvalue weighted by Crippen LogP contribution is -2.22. The highest BCUT2D eigenvalue weighted by Crippen LogP contribution is 2.31. The van der Waals surface area contributed by atoms with Gasteiger partial charge in [0.1, 0.15) is 0 Å². The third-order valence-corrected chi connectivity index (χ3v) is 3.14. The molecule has 0 aliphatic carbocycles. The number of nitrogens with zero attached hydrogens (tertiary/aromatic N) is 1. The molecule has 17 heavy (non-hydrogen) atoms. The second kappa shape index (κ2) is 4.61. The van der Waals surface area contributed by atoms with E-state index < -0.39 is 0 Å². The zero-order chi connectivity index (χ0) is 12.5. The van der Waals surface area contributed by atoms with Crippen LogP contribution in [0.1, 0.15) is 44.0 Å². The molecule has 0 saturated carbocycles. The summed E-state index contributed by atoms with van der Waals surface area (Å²) >= 11 is 0. The van der Waals surface area contributed by atoms with Crippen molar-refractivity contribution in [3.05, 3.63) is 35.2 Å². The maximum atomic E-state index is 4.66. The van der Waals surface area contributed by atoms with Crippen LogP contribution in [0.15, 0.2) is 18.3 Å². The Balaban J connectivity index is 2.50. The maximum Gasteiger partial charge on any atom is 0.0532 e. The summed E-state index contributed by atoms with van der Waals surface area (Å²) in [5.74, 6) is 0. The zero-order valence-corrected chi connectivity index (χ0v) is 11.3. The molecule has 2 heteroatoms. The summed E-state index contributed by atoms with van der Waals surface area (Å²) in [6.07, 6.45) is 5.38. The molecule has 0 saturated heterocycles. The van der Waals surface area contributed by atoms with E-state index in [1.54, 1.807) is 0 Å². The maximum absolute atomic E-state index is 4.66. The Hall–Kier alpha value is -1.15. The zero-order valence-electron chi connectivity index (χ0n) is 11.3. The predicted molar refractivity (Wildman–Crippen MR) is 73.1 cm³/mol. The second-order valence-electron chi connectivity index (χ2n) is 5.84. The number of hydrogen-bond donors (Lipinski definition) is 1. The van der Waals surface area contributed by atoms with E-state index in [1.165, 1.54) is 22.4 Å². The van der Waals surface area contributed by atoms with Gasteiger partial charge in [0.15, 0.2) is 0 Å². The Labute approximate surface area is 104 Å². The Morgan fingerprint density at radius 2 is 2.06 bits per heavy atom. The molecule has 0 unspecified atom stereocenters. The fourth-order valence-electron chi connectivity index (χ4n) is 2.28. The van der Waals surface area contributed by atoms with Gasteiger partial charge >= 0.3 is 0 Å². The van der Waals surface area contributed by atoms with Crippen molar-refractivity contribution in [1.82, 2.24) is 10.3 Å². The van der Waals surface area contributed by atoms with Gasteiger partial charge in [0.25, 0.3) is 0 Å². The molecule has 2 heterocycles. The minimum absolute atomic E-state index is 0.106. The monoisotopic (exact) mass is 230 g/mol. The summed E-state index contributed by atoms with van der Waals surface area (Å²) in [5.41, 5.74) is 5.36. The van der Waals surface area contributed by atoms with Crippen LogP contribution in [0.2, 0.25) is 0 Å². The molecule has 2 nitrogen and oxygen atoms in total. The van der Waals surface area contributed by atoms with E-state index in [0.717, 1.165) is 19.5 Å². The lowest BCUT2D eigenvalue weighted by atomic mass is 9.84. The molecule has 1 aromatic rings. The second-order valence-corrected chi connectivity index (χ2v) is 5.84. The Morgan fingerprint density at radius 3 is 2.65 bits per heavy atom. The summed E-state index contributed by atoms with van der Waals surface area (Å²) in [7, 11) is 0. The summed E-state index contributed by atoms with van der Waals surface area (Å²) in [6.45, 7) is 10.9. The molecule has 0 aromatic carbocycles. The molecular weight excluding hydrogens is 208 g/mol. The molecule has 2 rings (SSSR count). The molecule has 0 radical (unpaired) electrons. The standard InChI is InChI=1S/C15H22N2/c1-11-9-13(12-5-7-16-8-6-12)14(17-10-11)15(2,3)4/h5,9-10,16H,6-8H2,1-4H3. The van der Waals surface area contributed by atoms with Crippen molar-refractivity contribution in [3.63, 3.8) is 0 Å². The van der Waals surface area contributed by atoms with E-state index in [4.69, 9.17) is 0 Å². The van der Waals surface area contributed by atoms with E-state index in [1.807, 2.05) is 6.20 Å². The number of aromatic nitrogens is 1. The van der Waals surface area contributed by atoms with E-state index in [2.05, 4.69) is 50.1 Å². The average molecular weight is 230 g/mol. The predicted octanol–water partition coefficient (Wildman–Crippen LogP) is 3.06. The fourth-order valence-corrected chi connectivity index (χ4v) is 2.28. The van der Waals surface area contributed by atoms with Crippen molar-refractivity contribution in [3.8, 4) is 0 Å². The van der Waals surface area contributed by atoms with Crippen LogP contribution in [-0.4, -0.2) is 18.1 Å². The normalized spacial score (nSPS) is 16.8. The average Bonchev–Trinajstić information content (AvgIpc) is 2.28. The highest BCUT2D eigenvalue weighted by atomic mass is 14.8. The lowest BCUT2D eigenvalue weighted by molar-refractivity contribution is 0.565. The molecule has 0 bridgehead atoms. The van der Waals surface area contributed by atoms with E-state index in [0.29, 0.717) is 0 Å².